The molecule has 0 saturated carbocycles. The van der Waals surface area contributed by atoms with E-state index in [4.69, 9.17) is 14.3 Å². The van der Waals surface area contributed by atoms with Gasteiger partial charge in [-0.05, 0) is 52.6 Å². The molecule has 0 aliphatic carbocycles. The summed E-state index contributed by atoms with van der Waals surface area (Å²) in [5.74, 6) is 2.66. The minimum atomic E-state index is -0.330. The summed E-state index contributed by atoms with van der Waals surface area (Å²) in [4.78, 5) is 9.57. The van der Waals surface area contributed by atoms with Crippen molar-refractivity contribution >= 4 is 18.4 Å². The Balaban J connectivity index is 1.45. The maximum absolute atomic E-state index is 6.11. The zero-order valence-corrected chi connectivity index (χ0v) is 15.5. The monoisotopic (exact) mass is 329 g/mol. The molecule has 3 aliphatic rings. The van der Waals surface area contributed by atoms with Gasteiger partial charge in [0.15, 0.2) is 0 Å². The van der Waals surface area contributed by atoms with Crippen LogP contribution in [0.3, 0.4) is 0 Å². The first-order chi connectivity index (χ1) is 11.2. The SMILES string of the molecule is CN1CC2CN(c3ccc(B4OC(C)(C)C(C)(C)O4)cn3)CC2C1. The molecule has 6 heteroatoms. The van der Waals surface area contributed by atoms with Gasteiger partial charge in [-0.1, -0.05) is 6.07 Å². The summed E-state index contributed by atoms with van der Waals surface area (Å²) in [6.45, 7) is 13.0. The zero-order chi connectivity index (χ0) is 17.1. The van der Waals surface area contributed by atoms with Crippen molar-refractivity contribution in [1.82, 2.24) is 9.88 Å². The zero-order valence-electron chi connectivity index (χ0n) is 15.5. The van der Waals surface area contributed by atoms with Gasteiger partial charge >= 0.3 is 7.12 Å². The predicted octanol–water partition coefficient (Wildman–Crippen LogP) is 1.38. The van der Waals surface area contributed by atoms with Crippen molar-refractivity contribution in [3.8, 4) is 0 Å². The van der Waals surface area contributed by atoms with E-state index in [-0.39, 0.29) is 18.3 Å². The van der Waals surface area contributed by atoms with Crippen LogP contribution in [0, 0.1) is 11.8 Å². The first-order valence-electron chi connectivity index (χ1n) is 9.00. The summed E-state index contributed by atoms with van der Waals surface area (Å²) in [5, 5.41) is 0. The van der Waals surface area contributed by atoms with Gasteiger partial charge < -0.3 is 19.1 Å². The number of hydrogen-bond acceptors (Lipinski definition) is 5. The molecule has 3 aliphatic heterocycles. The van der Waals surface area contributed by atoms with E-state index in [2.05, 4.69) is 56.7 Å². The number of anilines is 1. The average molecular weight is 329 g/mol. The topological polar surface area (TPSA) is 37.8 Å². The second kappa shape index (κ2) is 5.45. The lowest BCUT2D eigenvalue weighted by atomic mass is 9.80. The van der Waals surface area contributed by atoms with Crippen LogP contribution < -0.4 is 10.4 Å². The summed E-state index contributed by atoms with van der Waals surface area (Å²) in [6, 6.07) is 4.22. The molecule has 0 bridgehead atoms. The lowest BCUT2D eigenvalue weighted by Gasteiger charge is -2.32. The van der Waals surface area contributed by atoms with E-state index in [1.807, 2.05) is 6.20 Å². The first-order valence-corrected chi connectivity index (χ1v) is 9.00. The van der Waals surface area contributed by atoms with Crippen LogP contribution in [0.2, 0.25) is 0 Å². The number of pyridine rings is 1. The number of hydrogen-bond donors (Lipinski definition) is 0. The Morgan fingerprint density at radius 2 is 1.58 bits per heavy atom. The van der Waals surface area contributed by atoms with E-state index < -0.39 is 0 Å². The molecule has 0 N–H and O–H groups in total. The maximum Gasteiger partial charge on any atom is 0.496 e. The molecule has 0 amide bonds. The fraction of sp³-hybridized carbons (Fsp3) is 0.722. The molecule has 4 heterocycles. The molecule has 130 valence electrons. The Morgan fingerprint density at radius 3 is 2.08 bits per heavy atom. The minimum Gasteiger partial charge on any atom is -0.399 e. The van der Waals surface area contributed by atoms with Crippen molar-refractivity contribution in [2.75, 3.05) is 38.1 Å². The van der Waals surface area contributed by atoms with Crippen LogP contribution in [0.5, 0.6) is 0 Å². The van der Waals surface area contributed by atoms with Crippen molar-refractivity contribution in [3.05, 3.63) is 18.3 Å². The van der Waals surface area contributed by atoms with Gasteiger partial charge in [-0.15, -0.1) is 0 Å². The molecular formula is C18H28BN3O2. The van der Waals surface area contributed by atoms with Crippen LogP contribution in [0.1, 0.15) is 27.7 Å². The summed E-state index contributed by atoms with van der Waals surface area (Å²) < 4.78 is 12.2. The third kappa shape index (κ3) is 2.65. The van der Waals surface area contributed by atoms with Gasteiger partial charge in [0.25, 0.3) is 0 Å². The lowest BCUT2D eigenvalue weighted by Crippen LogP contribution is -2.41. The van der Waals surface area contributed by atoms with Gasteiger partial charge in [-0.3, -0.25) is 0 Å². The van der Waals surface area contributed by atoms with Crippen LogP contribution >= 0.6 is 0 Å². The molecule has 0 radical (unpaired) electrons. The van der Waals surface area contributed by atoms with Crippen molar-refractivity contribution in [1.29, 1.82) is 0 Å². The standard InChI is InChI=1S/C18H28BN3O2/c1-17(2)18(3,4)24-19(23-17)15-6-7-16(20-8-15)22-11-13-9-21(5)10-14(13)12-22/h6-8,13-14H,9-12H2,1-5H3. The number of fused-ring (bicyclic) bond motifs is 1. The van der Waals surface area contributed by atoms with Gasteiger partial charge in [0, 0.05) is 37.8 Å². The molecule has 0 spiro atoms. The third-order valence-electron chi connectivity index (χ3n) is 6.29. The molecule has 0 aromatic carbocycles. The third-order valence-corrected chi connectivity index (χ3v) is 6.29. The number of nitrogens with zero attached hydrogens (tertiary/aromatic N) is 3. The second-order valence-electron chi connectivity index (χ2n) is 8.68. The van der Waals surface area contributed by atoms with Crippen molar-refractivity contribution in [3.63, 3.8) is 0 Å². The molecule has 3 fully saturated rings. The summed E-state index contributed by atoms with van der Waals surface area (Å²) in [6.07, 6.45) is 1.91. The van der Waals surface area contributed by atoms with E-state index in [9.17, 15) is 0 Å². The molecule has 2 unspecified atom stereocenters. The van der Waals surface area contributed by atoms with Gasteiger partial charge in [-0.25, -0.2) is 4.98 Å². The van der Waals surface area contributed by atoms with Crippen LogP contribution in [-0.4, -0.2) is 61.4 Å². The molecule has 1 aromatic heterocycles. The first kappa shape index (κ1) is 16.4. The van der Waals surface area contributed by atoms with Gasteiger partial charge in [0.1, 0.15) is 5.82 Å². The smallest absolute Gasteiger partial charge is 0.399 e. The van der Waals surface area contributed by atoms with Crippen molar-refractivity contribution in [2.24, 2.45) is 11.8 Å². The van der Waals surface area contributed by atoms with Crippen LogP contribution in [0.25, 0.3) is 0 Å². The summed E-state index contributed by atoms with van der Waals surface area (Å²) in [5.41, 5.74) is 0.375. The molecule has 24 heavy (non-hydrogen) atoms. The highest BCUT2D eigenvalue weighted by molar-refractivity contribution is 6.62. The fourth-order valence-electron chi connectivity index (χ4n) is 4.12. The van der Waals surface area contributed by atoms with Gasteiger partial charge in [-0.2, -0.15) is 0 Å². The lowest BCUT2D eigenvalue weighted by molar-refractivity contribution is 0.00578. The normalized spacial score (nSPS) is 31.7. The van der Waals surface area contributed by atoms with E-state index in [0.29, 0.717) is 0 Å². The fourth-order valence-corrected chi connectivity index (χ4v) is 4.12. The minimum absolute atomic E-state index is 0.311. The Morgan fingerprint density at radius 1 is 1.00 bits per heavy atom. The number of aromatic nitrogens is 1. The highest BCUT2D eigenvalue weighted by Crippen LogP contribution is 2.36. The molecule has 5 nitrogen and oxygen atoms in total. The Labute approximate surface area is 145 Å². The van der Waals surface area contributed by atoms with Crippen LogP contribution in [0.4, 0.5) is 5.82 Å². The summed E-state index contributed by atoms with van der Waals surface area (Å²) in [7, 11) is 1.89. The highest BCUT2D eigenvalue weighted by Gasteiger charge is 2.51. The van der Waals surface area contributed by atoms with E-state index in [1.165, 1.54) is 13.1 Å². The van der Waals surface area contributed by atoms with Crippen molar-refractivity contribution < 1.29 is 9.31 Å². The van der Waals surface area contributed by atoms with E-state index in [1.54, 1.807) is 0 Å². The molecule has 2 atom stereocenters. The van der Waals surface area contributed by atoms with Crippen LogP contribution in [0.15, 0.2) is 18.3 Å². The Bertz CT molecular complexity index is 589. The second-order valence-corrected chi connectivity index (χ2v) is 8.68. The molecular weight excluding hydrogens is 301 g/mol. The highest BCUT2D eigenvalue weighted by atomic mass is 16.7. The maximum atomic E-state index is 6.11. The Kier molecular flexibility index (Phi) is 3.71. The van der Waals surface area contributed by atoms with E-state index in [0.717, 1.165) is 36.2 Å². The van der Waals surface area contributed by atoms with E-state index >= 15 is 0 Å². The van der Waals surface area contributed by atoms with Crippen molar-refractivity contribution in [2.45, 2.75) is 38.9 Å². The summed E-state index contributed by atoms with van der Waals surface area (Å²) >= 11 is 0. The quantitative estimate of drug-likeness (QED) is 0.767. The average Bonchev–Trinajstić information content (AvgIpc) is 3.09. The molecule has 4 rings (SSSR count). The predicted molar refractivity (Wildman–Crippen MR) is 96.6 cm³/mol. The van der Waals surface area contributed by atoms with Gasteiger partial charge in [0.05, 0.1) is 11.2 Å². The number of likely N-dealkylation sites (tertiary alicyclic amines) is 1. The molecule has 3 saturated heterocycles. The largest absolute Gasteiger partial charge is 0.496 e. The van der Waals surface area contributed by atoms with Gasteiger partial charge in [0.2, 0.25) is 0 Å². The molecule has 1 aromatic rings. The Hall–Kier alpha value is -1.11. The van der Waals surface area contributed by atoms with Crippen LogP contribution in [-0.2, 0) is 9.31 Å². The number of rotatable bonds is 2.